The molecule has 0 aliphatic rings. The maximum atomic E-state index is 4.74. The minimum absolute atomic E-state index is 0.00128. The van der Waals surface area contributed by atoms with E-state index in [-0.39, 0.29) is 5.41 Å². The average molecular weight is 301 g/mol. The summed E-state index contributed by atoms with van der Waals surface area (Å²) in [6, 6.07) is 10.5. The lowest BCUT2D eigenvalue weighted by Gasteiger charge is -2.19. The molecule has 1 heterocycles. The van der Waals surface area contributed by atoms with Crippen LogP contribution in [0.25, 0.3) is 11.4 Å². The highest BCUT2D eigenvalue weighted by Crippen LogP contribution is 2.27. The normalized spacial score (nSPS) is 11.5. The van der Waals surface area contributed by atoms with Crippen molar-refractivity contribution in [1.29, 1.82) is 0 Å². The first kappa shape index (κ1) is 15.8. The number of thioether (sulfide) groups is 1. The third-order valence-electron chi connectivity index (χ3n) is 3.17. The van der Waals surface area contributed by atoms with Gasteiger partial charge in [0.1, 0.15) is 5.82 Å². The Labute approximate surface area is 131 Å². The van der Waals surface area contributed by atoms with E-state index in [0.717, 1.165) is 28.7 Å². The minimum Gasteiger partial charge on any atom is -0.373 e. The molecule has 112 valence electrons. The van der Waals surface area contributed by atoms with Gasteiger partial charge in [0, 0.05) is 29.0 Å². The molecule has 0 amide bonds. The van der Waals surface area contributed by atoms with Crippen molar-refractivity contribution < 1.29 is 0 Å². The molecule has 2 rings (SSSR count). The third-order valence-corrected chi connectivity index (χ3v) is 4.07. The first-order chi connectivity index (χ1) is 9.94. The molecule has 0 atom stereocenters. The molecule has 2 aromatic rings. The van der Waals surface area contributed by atoms with Crippen LogP contribution in [-0.4, -0.2) is 22.8 Å². The second-order valence-corrected chi connectivity index (χ2v) is 7.26. The van der Waals surface area contributed by atoms with Crippen LogP contribution in [0, 0.1) is 0 Å². The third kappa shape index (κ3) is 3.97. The Morgan fingerprint density at radius 3 is 2.29 bits per heavy atom. The van der Waals surface area contributed by atoms with E-state index in [1.165, 1.54) is 4.90 Å². The molecule has 0 spiro atoms. The number of anilines is 1. The number of hydrogen-bond donors (Lipinski definition) is 1. The maximum absolute atomic E-state index is 4.74. The zero-order valence-electron chi connectivity index (χ0n) is 13.4. The van der Waals surface area contributed by atoms with Gasteiger partial charge in [-0.15, -0.1) is 11.8 Å². The molecule has 0 fully saturated rings. The summed E-state index contributed by atoms with van der Waals surface area (Å²) in [6.45, 7) is 8.66. The fraction of sp³-hybridized carbons (Fsp3) is 0.412. The SMILES string of the molecule is CCSc1ccc(-c2nc(NC)cc(C(C)(C)C)n2)cc1. The first-order valence-corrected chi connectivity index (χ1v) is 8.23. The monoisotopic (exact) mass is 301 g/mol. The van der Waals surface area contributed by atoms with Gasteiger partial charge in [-0.25, -0.2) is 9.97 Å². The molecule has 1 aromatic carbocycles. The van der Waals surface area contributed by atoms with Crippen molar-refractivity contribution in [3.05, 3.63) is 36.0 Å². The van der Waals surface area contributed by atoms with E-state index in [9.17, 15) is 0 Å². The molecule has 3 nitrogen and oxygen atoms in total. The van der Waals surface area contributed by atoms with Gasteiger partial charge in [0.15, 0.2) is 5.82 Å². The molecule has 0 bridgehead atoms. The molecule has 0 radical (unpaired) electrons. The Balaban J connectivity index is 2.42. The largest absolute Gasteiger partial charge is 0.373 e. The van der Waals surface area contributed by atoms with Gasteiger partial charge < -0.3 is 5.32 Å². The van der Waals surface area contributed by atoms with E-state index in [1.54, 1.807) is 0 Å². The van der Waals surface area contributed by atoms with Crippen molar-refractivity contribution in [2.75, 3.05) is 18.1 Å². The smallest absolute Gasteiger partial charge is 0.161 e. The van der Waals surface area contributed by atoms with Crippen molar-refractivity contribution in [2.24, 2.45) is 0 Å². The topological polar surface area (TPSA) is 37.8 Å². The second-order valence-electron chi connectivity index (χ2n) is 5.92. The summed E-state index contributed by atoms with van der Waals surface area (Å²) in [6.07, 6.45) is 0. The zero-order chi connectivity index (χ0) is 15.5. The molecule has 4 heteroatoms. The van der Waals surface area contributed by atoms with Gasteiger partial charge in [-0.05, 0) is 17.9 Å². The Bertz CT molecular complexity index is 600. The highest BCUT2D eigenvalue weighted by atomic mass is 32.2. The number of rotatable bonds is 4. The number of nitrogens with zero attached hydrogens (tertiary/aromatic N) is 2. The van der Waals surface area contributed by atoms with Crippen molar-refractivity contribution in [2.45, 2.75) is 38.0 Å². The predicted molar refractivity (Wildman–Crippen MR) is 92.1 cm³/mol. The maximum Gasteiger partial charge on any atom is 0.161 e. The summed E-state index contributed by atoms with van der Waals surface area (Å²) in [5.41, 5.74) is 2.10. The van der Waals surface area contributed by atoms with E-state index in [1.807, 2.05) is 24.9 Å². The summed E-state index contributed by atoms with van der Waals surface area (Å²) in [4.78, 5) is 10.6. The van der Waals surface area contributed by atoms with Crippen LogP contribution in [0.5, 0.6) is 0 Å². The molecular weight excluding hydrogens is 278 g/mol. The quantitative estimate of drug-likeness (QED) is 0.838. The lowest BCUT2D eigenvalue weighted by atomic mass is 9.92. The summed E-state index contributed by atoms with van der Waals surface area (Å²) in [5, 5.41) is 3.13. The Kier molecular flexibility index (Phi) is 4.88. The lowest BCUT2D eigenvalue weighted by Crippen LogP contribution is -2.15. The Morgan fingerprint density at radius 2 is 1.76 bits per heavy atom. The van der Waals surface area contributed by atoms with Gasteiger partial charge in [0.2, 0.25) is 0 Å². The van der Waals surface area contributed by atoms with Crippen LogP contribution >= 0.6 is 11.8 Å². The van der Waals surface area contributed by atoms with Crippen molar-refractivity contribution in [3.63, 3.8) is 0 Å². The minimum atomic E-state index is 0.00128. The molecule has 21 heavy (non-hydrogen) atoms. The van der Waals surface area contributed by atoms with Gasteiger partial charge in [-0.1, -0.05) is 39.8 Å². The molecule has 0 saturated heterocycles. The number of aromatic nitrogens is 2. The van der Waals surface area contributed by atoms with Crippen molar-refractivity contribution in [1.82, 2.24) is 9.97 Å². The molecule has 1 aromatic heterocycles. The highest BCUT2D eigenvalue weighted by Gasteiger charge is 2.18. The Hall–Kier alpha value is -1.55. The van der Waals surface area contributed by atoms with Gasteiger partial charge in [-0.3, -0.25) is 0 Å². The fourth-order valence-corrected chi connectivity index (χ4v) is 2.62. The van der Waals surface area contributed by atoms with Crippen molar-refractivity contribution >= 4 is 17.6 Å². The second kappa shape index (κ2) is 6.48. The van der Waals surface area contributed by atoms with E-state index in [2.05, 4.69) is 62.3 Å². The van der Waals surface area contributed by atoms with E-state index in [4.69, 9.17) is 4.98 Å². The lowest BCUT2D eigenvalue weighted by molar-refractivity contribution is 0.568. The van der Waals surface area contributed by atoms with Crippen molar-refractivity contribution in [3.8, 4) is 11.4 Å². The summed E-state index contributed by atoms with van der Waals surface area (Å²) < 4.78 is 0. The van der Waals surface area contributed by atoms with Crippen LogP contribution < -0.4 is 5.32 Å². The summed E-state index contributed by atoms with van der Waals surface area (Å²) in [5.74, 6) is 2.72. The fourth-order valence-electron chi connectivity index (χ4n) is 1.96. The van der Waals surface area contributed by atoms with E-state index < -0.39 is 0 Å². The number of hydrogen-bond acceptors (Lipinski definition) is 4. The molecule has 1 N–H and O–H groups in total. The molecular formula is C17H23N3S. The van der Waals surface area contributed by atoms with Gasteiger partial charge in [-0.2, -0.15) is 0 Å². The molecule has 0 unspecified atom stereocenters. The molecule has 0 aliphatic heterocycles. The van der Waals surface area contributed by atoms with Crippen LogP contribution in [0.1, 0.15) is 33.4 Å². The summed E-state index contributed by atoms with van der Waals surface area (Å²) >= 11 is 1.84. The number of nitrogens with one attached hydrogen (secondary N) is 1. The van der Waals surface area contributed by atoms with Crippen LogP contribution in [0.2, 0.25) is 0 Å². The highest BCUT2D eigenvalue weighted by molar-refractivity contribution is 7.99. The van der Waals surface area contributed by atoms with Crippen LogP contribution in [0.3, 0.4) is 0 Å². The molecule has 0 saturated carbocycles. The van der Waals surface area contributed by atoms with Crippen LogP contribution in [0.15, 0.2) is 35.2 Å². The molecule has 0 aliphatic carbocycles. The zero-order valence-corrected chi connectivity index (χ0v) is 14.2. The van der Waals surface area contributed by atoms with Gasteiger partial charge in [0.05, 0.1) is 5.69 Å². The first-order valence-electron chi connectivity index (χ1n) is 7.24. The van der Waals surface area contributed by atoms with Gasteiger partial charge >= 0.3 is 0 Å². The van der Waals surface area contributed by atoms with Crippen LogP contribution in [-0.2, 0) is 5.41 Å². The van der Waals surface area contributed by atoms with E-state index in [0.29, 0.717) is 0 Å². The average Bonchev–Trinajstić information content (AvgIpc) is 2.47. The van der Waals surface area contributed by atoms with Gasteiger partial charge in [0.25, 0.3) is 0 Å². The predicted octanol–water partition coefficient (Wildman–Crippen LogP) is 4.59. The standard InChI is InChI=1S/C17H23N3S/c1-6-21-13-9-7-12(8-10-13)16-19-14(17(2,3)4)11-15(18-5)20-16/h7-11H,6H2,1-5H3,(H,18,19,20). The van der Waals surface area contributed by atoms with Crippen LogP contribution in [0.4, 0.5) is 5.82 Å². The Morgan fingerprint density at radius 1 is 1.10 bits per heavy atom. The summed E-state index contributed by atoms with van der Waals surface area (Å²) in [7, 11) is 1.89. The number of benzene rings is 1. The van der Waals surface area contributed by atoms with E-state index >= 15 is 0 Å².